The summed E-state index contributed by atoms with van der Waals surface area (Å²) in [5, 5.41) is 13.4. The quantitative estimate of drug-likeness (QED) is 0.372. The van der Waals surface area contributed by atoms with Crippen LogP contribution in [0.2, 0.25) is 0 Å². The highest BCUT2D eigenvalue weighted by molar-refractivity contribution is 9.10. The summed E-state index contributed by atoms with van der Waals surface area (Å²) in [7, 11) is 4.58. The number of amides is 1. The Labute approximate surface area is 196 Å². The fourth-order valence-electron chi connectivity index (χ4n) is 2.57. The SMILES string of the molecule is COCc1c(Br)c(C)nc(OCC(=O)N/N=C/c2cc(Br)c(OC)c(OC)c2)c1C#N. The van der Waals surface area contributed by atoms with Crippen LogP contribution < -0.4 is 19.6 Å². The van der Waals surface area contributed by atoms with Gasteiger partial charge in [0.2, 0.25) is 5.88 Å². The van der Waals surface area contributed by atoms with Crippen LogP contribution in [-0.4, -0.2) is 45.0 Å². The van der Waals surface area contributed by atoms with Crippen LogP contribution in [0.4, 0.5) is 0 Å². The third-order valence-corrected chi connectivity index (χ3v) is 5.61. The molecule has 0 aliphatic rings. The van der Waals surface area contributed by atoms with Crippen molar-refractivity contribution in [3.8, 4) is 23.4 Å². The summed E-state index contributed by atoms with van der Waals surface area (Å²) in [4.78, 5) is 16.3. The average molecular weight is 556 g/mol. The number of pyridine rings is 1. The molecule has 1 amide bonds. The summed E-state index contributed by atoms with van der Waals surface area (Å²) in [5.41, 5.74) is 4.45. The highest BCUT2D eigenvalue weighted by Crippen LogP contribution is 2.35. The Morgan fingerprint density at radius 2 is 2.03 bits per heavy atom. The predicted molar refractivity (Wildman–Crippen MR) is 121 cm³/mol. The molecule has 1 heterocycles. The minimum absolute atomic E-state index is 0.0539. The van der Waals surface area contributed by atoms with Crippen molar-refractivity contribution in [2.75, 3.05) is 27.9 Å². The van der Waals surface area contributed by atoms with Crippen molar-refractivity contribution in [1.82, 2.24) is 10.4 Å². The average Bonchev–Trinajstić information content (AvgIpc) is 2.75. The molecule has 0 saturated carbocycles. The van der Waals surface area contributed by atoms with Gasteiger partial charge in [-0.05, 0) is 56.5 Å². The topological polar surface area (TPSA) is 115 Å². The number of aromatic nitrogens is 1. The summed E-state index contributed by atoms with van der Waals surface area (Å²) in [6, 6.07) is 5.52. The second-order valence-electron chi connectivity index (χ2n) is 6.03. The second kappa shape index (κ2) is 11.6. The first-order chi connectivity index (χ1) is 14.9. The van der Waals surface area contributed by atoms with E-state index in [1.807, 2.05) is 6.07 Å². The molecule has 0 radical (unpaired) electrons. The molecule has 11 heteroatoms. The third-order valence-electron chi connectivity index (χ3n) is 3.97. The van der Waals surface area contributed by atoms with E-state index in [4.69, 9.17) is 18.9 Å². The van der Waals surface area contributed by atoms with E-state index >= 15 is 0 Å². The molecule has 31 heavy (non-hydrogen) atoms. The van der Waals surface area contributed by atoms with Gasteiger partial charge in [0.25, 0.3) is 5.91 Å². The first-order valence-electron chi connectivity index (χ1n) is 8.80. The monoisotopic (exact) mass is 554 g/mol. The normalized spacial score (nSPS) is 10.6. The van der Waals surface area contributed by atoms with Crippen molar-refractivity contribution in [3.63, 3.8) is 0 Å². The number of carbonyl (C=O) groups excluding carboxylic acids is 1. The molecule has 0 atom stereocenters. The van der Waals surface area contributed by atoms with Crippen molar-refractivity contribution in [2.45, 2.75) is 13.5 Å². The number of nitriles is 1. The minimum atomic E-state index is -0.518. The highest BCUT2D eigenvalue weighted by atomic mass is 79.9. The first-order valence-corrected chi connectivity index (χ1v) is 10.4. The lowest BCUT2D eigenvalue weighted by Crippen LogP contribution is -2.25. The van der Waals surface area contributed by atoms with Gasteiger partial charge >= 0.3 is 0 Å². The Balaban J connectivity index is 2.07. The van der Waals surface area contributed by atoms with Crippen LogP contribution in [-0.2, 0) is 16.1 Å². The molecular formula is C20H20Br2N4O5. The lowest BCUT2D eigenvalue weighted by atomic mass is 10.1. The number of benzene rings is 1. The van der Waals surface area contributed by atoms with E-state index in [2.05, 4.69) is 47.4 Å². The molecule has 2 aromatic rings. The molecule has 2 rings (SSSR count). The number of rotatable bonds is 9. The van der Waals surface area contributed by atoms with Crippen LogP contribution >= 0.6 is 31.9 Å². The van der Waals surface area contributed by atoms with Crippen LogP contribution in [0.25, 0.3) is 0 Å². The standard InChI is InChI=1S/C20H20Br2N4O5/c1-11-18(22)14(9-28-2)13(7-23)20(25-11)31-10-17(27)26-24-8-12-5-15(21)19(30-4)16(6-12)29-3/h5-6,8H,9-10H2,1-4H3,(H,26,27)/b24-8+. The maximum absolute atomic E-state index is 12.1. The number of methoxy groups -OCH3 is 3. The smallest absolute Gasteiger partial charge is 0.278 e. The number of hydrazone groups is 1. The van der Waals surface area contributed by atoms with Gasteiger partial charge in [-0.15, -0.1) is 0 Å². The highest BCUT2D eigenvalue weighted by Gasteiger charge is 2.18. The van der Waals surface area contributed by atoms with Gasteiger partial charge in [0.05, 0.1) is 37.2 Å². The summed E-state index contributed by atoms with van der Waals surface area (Å²) in [6.07, 6.45) is 1.45. The molecular weight excluding hydrogens is 536 g/mol. The van der Waals surface area contributed by atoms with Crippen molar-refractivity contribution < 1.29 is 23.7 Å². The number of hydrogen-bond acceptors (Lipinski definition) is 8. The van der Waals surface area contributed by atoms with Crippen molar-refractivity contribution in [3.05, 3.63) is 43.5 Å². The second-order valence-corrected chi connectivity index (χ2v) is 7.68. The van der Waals surface area contributed by atoms with Gasteiger partial charge in [0.15, 0.2) is 18.1 Å². The van der Waals surface area contributed by atoms with E-state index in [9.17, 15) is 10.1 Å². The number of ether oxygens (including phenoxy) is 4. The Morgan fingerprint density at radius 1 is 1.29 bits per heavy atom. The van der Waals surface area contributed by atoms with Gasteiger partial charge < -0.3 is 18.9 Å². The van der Waals surface area contributed by atoms with Crippen LogP contribution in [0.1, 0.15) is 22.4 Å². The van der Waals surface area contributed by atoms with E-state index in [0.717, 1.165) is 0 Å². The van der Waals surface area contributed by atoms with Gasteiger partial charge in [-0.3, -0.25) is 4.79 Å². The Morgan fingerprint density at radius 3 is 2.65 bits per heavy atom. The van der Waals surface area contributed by atoms with Gasteiger partial charge in [0.1, 0.15) is 11.6 Å². The number of hydrogen-bond donors (Lipinski definition) is 1. The molecule has 0 bridgehead atoms. The lowest BCUT2D eigenvalue weighted by molar-refractivity contribution is -0.123. The molecule has 0 aliphatic heterocycles. The summed E-state index contributed by atoms with van der Waals surface area (Å²) < 4.78 is 22.5. The van der Waals surface area contributed by atoms with E-state index in [1.54, 1.807) is 19.1 Å². The van der Waals surface area contributed by atoms with Crippen LogP contribution in [0.5, 0.6) is 17.4 Å². The van der Waals surface area contributed by atoms with Gasteiger partial charge in [-0.1, -0.05) is 0 Å². The molecule has 0 saturated heterocycles. The zero-order chi connectivity index (χ0) is 23.0. The molecule has 0 aliphatic carbocycles. The zero-order valence-electron chi connectivity index (χ0n) is 17.3. The van der Waals surface area contributed by atoms with Gasteiger partial charge in [-0.25, -0.2) is 10.4 Å². The van der Waals surface area contributed by atoms with Gasteiger partial charge in [-0.2, -0.15) is 10.4 Å². The van der Waals surface area contributed by atoms with Crippen LogP contribution in [0.3, 0.4) is 0 Å². The molecule has 0 unspecified atom stereocenters. The number of carbonyl (C=O) groups is 1. The molecule has 1 N–H and O–H groups in total. The molecule has 164 valence electrons. The summed E-state index contributed by atoms with van der Waals surface area (Å²) in [6.45, 7) is 1.57. The fraction of sp³-hybridized carbons (Fsp3) is 0.300. The maximum atomic E-state index is 12.1. The Hall–Kier alpha value is -2.68. The number of halogens is 2. The first kappa shape index (κ1) is 24.6. The molecule has 0 spiro atoms. The third kappa shape index (κ3) is 6.16. The van der Waals surface area contributed by atoms with E-state index in [1.165, 1.54) is 27.5 Å². The zero-order valence-corrected chi connectivity index (χ0v) is 20.5. The Bertz CT molecular complexity index is 1040. The van der Waals surface area contributed by atoms with Gasteiger partial charge in [0, 0.05) is 17.1 Å². The van der Waals surface area contributed by atoms with Crippen LogP contribution in [0.15, 0.2) is 26.2 Å². The van der Waals surface area contributed by atoms with E-state index in [0.29, 0.717) is 37.3 Å². The van der Waals surface area contributed by atoms with Crippen molar-refractivity contribution >= 4 is 44.0 Å². The number of aryl methyl sites for hydroxylation is 1. The Kier molecular flexibility index (Phi) is 9.23. The summed E-state index contributed by atoms with van der Waals surface area (Å²) >= 11 is 6.79. The minimum Gasteiger partial charge on any atom is -0.493 e. The predicted octanol–water partition coefficient (Wildman–Crippen LogP) is 3.48. The van der Waals surface area contributed by atoms with Crippen LogP contribution in [0, 0.1) is 18.3 Å². The maximum Gasteiger partial charge on any atom is 0.278 e. The largest absolute Gasteiger partial charge is 0.493 e. The fourth-order valence-corrected chi connectivity index (χ4v) is 3.59. The number of nitrogens with zero attached hydrogens (tertiary/aromatic N) is 3. The van der Waals surface area contributed by atoms with Crippen molar-refractivity contribution in [2.24, 2.45) is 5.10 Å². The molecule has 9 nitrogen and oxygen atoms in total. The number of nitrogens with one attached hydrogen (secondary N) is 1. The molecule has 0 fully saturated rings. The molecule has 1 aromatic carbocycles. The van der Waals surface area contributed by atoms with Crippen molar-refractivity contribution in [1.29, 1.82) is 5.26 Å². The summed E-state index contributed by atoms with van der Waals surface area (Å²) in [5.74, 6) is 0.602. The van der Waals surface area contributed by atoms with E-state index < -0.39 is 5.91 Å². The molecule has 1 aromatic heterocycles. The lowest BCUT2D eigenvalue weighted by Gasteiger charge is -2.13. The van der Waals surface area contributed by atoms with E-state index in [-0.39, 0.29) is 24.7 Å².